The van der Waals surface area contributed by atoms with Crippen molar-refractivity contribution in [3.8, 4) is 5.69 Å². The Labute approximate surface area is 168 Å². The second kappa shape index (κ2) is 7.02. The molecule has 1 atom stereocenters. The van der Waals surface area contributed by atoms with Crippen molar-refractivity contribution in [2.24, 2.45) is 5.92 Å². The van der Waals surface area contributed by atoms with Gasteiger partial charge in [-0.1, -0.05) is 36.2 Å². The Morgan fingerprint density at radius 1 is 1.11 bits per heavy atom. The van der Waals surface area contributed by atoms with Crippen molar-refractivity contribution in [3.05, 3.63) is 69.3 Å². The minimum absolute atomic E-state index is 0.115. The lowest BCUT2D eigenvalue weighted by molar-refractivity contribution is 0.0953. The van der Waals surface area contributed by atoms with Crippen LogP contribution in [0, 0.1) is 12.8 Å². The van der Waals surface area contributed by atoms with Gasteiger partial charge in [-0.25, -0.2) is 4.68 Å². The summed E-state index contributed by atoms with van der Waals surface area (Å²) in [4.78, 5) is 12.8. The minimum atomic E-state index is 0.115. The summed E-state index contributed by atoms with van der Waals surface area (Å²) in [6, 6.07) is 13.2. The smallest absolute Gasteiger partial charge is 0.168 e. The van der Waals surface area contributed by atoms with Crippen LogP contribution in [0.1, 0.15) is 35.0 Å². The van der Waals surface area contributed by atoms with Crippen molar-refractivity contribution >= 4 is 40.5 Å². The van der Waals surface area contributed by atoms with Crippen molar-refractivity contribution in [3.63, 3.8) is 0 Å². The standard InChI is InChI=1S/C21H19Cl2N3O/c1-12-9-18-20(19(27)10-12)21(24-15-6-3-13(2)17(23)11-15)25-26(18)16-7-4-14(22)5-8-16/h3-8,11-12H,9-10H2,1-2H3,(H,24,25). The summed E-state index contributed by atoms with van der Waals surface area (Å²) in [5.41, 5.74) is 4.29. The summed E-state index contributed by atoms with van der Waals surface area (Å²) >= 11 is 12.3. The Morgan fingerprint density at radius 2 is 1.85 bits per heavy atom. The van der Waals surface area contributed by atoms with Crippen molar-refractivity contribution in [2.75, 3.05) is 5.32 Å². The van der Waals surface area contributed by atoms with E-state index in [2.05, 4.69) is 12.2 Å². The van der Waals surface area contributed by atoms with Crippen LogP contribution >= 0.6 is 23.2 Å². The number of Topliss-reactive ketones (excluding diaryl/α,β-unsaturated/α-hetero) is 1. The third-order valence-electron chi connectivity index (χ3n) is 4.84. The first kappa shape index (κ1) is 18.1. The van der Waals surface area contributed by atoms with Gasteiger partial charge in [-0.2, -0.15) is 0 Å². The van der Waals surface area contributed by atoms with E-state index in [9.17, 15) is 4.79 Å². The van der Waals surface area contributed by atoms with Gasteiger partial charge in [0.05, 0.1) is 16.9 Å². The molecule has 3 aromatic rings. The van der Waals surface area contributed by atoms with E-state index in [1.54, 1.807) is 0 Å². The zero-order valence-corrected chi connectivity index (χ0v) is 16.6. The molecule has 27 heavy (non-hydrogen) atoms. The molecule has 4 nitrogen and oxygen atoms in total. The predicted molar refractivity (Wildman–Crippen MR) is 110 cm³/mol. The van der Waals surface area contributed by atoms with Crippen LogP contribution in [0.5, 0.6) is 0 Å². The van der Waals surface area contributed by atoms with Gasteiger partial charge < -0.3 is 5.32 Å². The molecule has 0 spiro atoms. The van der Waals surface area contributed by atoms with Crippen LogP contribution < -0.4 is 5.32 Å². The number of hydrogen-bond donors (Lipinski definition) is 1. The normalized spacial score (nSPS) is 16.3. The van der Waals surface area contributed by atoms with Crippen LogP contribution in [-0.2, 0) is 6.42 Å². The maximum atomic E-state index is 12.8. The summed E-state index contributed by atoms with van der Waals surface area (Å²) in [6.45, 7) is 4.04. The zero-order valence-electron chi connectivity index (χ0n) is 15.1. The minimum Gasteiger partial charge on any atom is -0.338 e. The monoisotopic (exact) mass is 399 g/mol. The highest BCUT2D eigenvalue weighted by Gasteiger charge is 2.31. The fourth-order valence-electron chi connectivity index (χ4n) is 3.45. The number of carbonyl (C=O) groups is 1. The first-order chi connectivity index (χ1) is 12.9. The molecule has 1 heterocycles. The van der Waals surface area contributed by atoms with Gasteiger partial charge in [0, 0.05) is 22.2 Å². The summed E-state index contributed by atoms with van der Waals surface area (Å²) < 4.78 is 1.84. The molecule has 4 rings (SSSR count). The topological polar surface area (TPSA) is 46.9 Å². The van der Waals surface area contributed by atoms with E-state index in [0.717, 1.165) is 29.1 Å². The molecular formula is C21H19Cl2N3O. The van der Waals surface area contributed by atoms with E-state index >= 15 is 0 Å². The maximum Gasteiger partial charge on any atom is 0.168 e. The van der Waals surface area contributed by atoms with Gasteiger partial charge in [0.1, 0.15) is 0 Å². The molecule has 0 bridgehead atoms. The summed E-state index contributed by atoms with van der Waals surface area (Å²) in [5.74, 6) is 0.968. The highest BCUT2D eigenvalue weighted by molar-refractivity contribution is 6.31. The van der Waals surface area contributed by atoms with Crippen LogP contribution in [0.15, 0.2) is 42.5 Å². The SMILES string of the molecule is Cc1ccc(Nc2nn(-c3ccc(Cl)cc3)c3c2C(=O)CC(C)C3)cc1Cl. The van der Waals surface area contributed by atoms with E-state index < -0.39 is 0 Å². The first-order valence-electron chi connectivity index (χ1n) is 8.86. The molecule has 1 unspecified atom stereocenters. The molecule has 1 aliphatic rings. The van der Waals surface area contributed by atoms with Crippen molar-refractivity contribution < 1.29 is 4.79 Å². The van der Waals surface area contributed by atoms with Crippen molar-refractivity contribution in [2.45, 2.75) is 26.7 Å². The fourth-order valence-corrected chi connectivity index (χ4v) is 3.75. The number of nitrogens with one attached hydrogen (secondary N) is 1. The van der Waals surface area contributed by atoms with Crippen molar-refractivity contribution in [1.29, 1.82) is 0 Å². The lowest BCUT2D eigenvalue weighted by Crippen LogP contribution is -2.19. The Bertz CT molecular complexity index is 1020. The van der Waals surface area contributed by atoms with Gasteiger partial charge in [0.2, 0.25) is 0 Å². The zero-order chi connectivity index (χ0) is 19.1. The number of ketones is 1. The molecule has 1 N–H and O–H groups in total. The summed E-state index contributed by atoms with van der Waals surface area (Å²) in [7, 11) is 0. The number of hydrogen-bond acceptors (Lipinski definition) is 3. The number of benzene rings is 2. The third kappa shape index (κ3) is 3.47. The highest BCUT2D eigenvalue weighted by atomic mass is 35.5. The maximum absolute atomic E-state index is 12.8. The van der Waals surface area contributed by atoms with Gasteiger partial charge in [-0.05, 0) is 61.2 Å². The lowest BCUT2D eigenvalue weighted by Gasteiger charge is -2.19. The predicted octanol–water partition coefficient (Wildman–Crippen LogP) is 6.00. The molecule has 0 saturated heterocycles. The van der Waals surface area contributed by atoms with Gasteiger partial charge >= 0.3 is 0 Å². The second-order valence-corrected chi connectivity index (χ2v) is 7.93. The number of aryl methyl sites for hydroxylation is 1. The van der Waals surface area contributed by atoms with E-state index in [1.807, 2.05) is 54.1 Å². The fraction of sp³-hybridized carbons (Fsp3) is 0.238. The Balaban J connectivity index is 1.82. The second-order valence-electron chi connectivity index (χ2n) is 7.08. The van der Waals surface area contributed by atoms with E-state index in [4.69, 9.17) is 28.3 Å². The number of halogens is 2. The molecule has 0 radical (unpaired) electrons. The molecular weight excluding hydrogens is 381 g/mol. The van der Waals surface area contributed by atoms with Crippen LogP contribution in [0.4, 0.5) is 11.5 Å². The molecule has 0 aliphatic heterocycles. The number of anilines is 2. The van der Waals surface area contributed by atoms with Crippen LogP contribution in [0.25, 0.3) is 5.69 Å². The van der Waals surface area contributed by atoms with Crippen LogP contribution in [0.3, 0.4) is 0 Å². The highest BCUT2D eigenvalue weighted by Crippen LogP contribution is 2.34. The summed E-state index contributed by atoms with van der Waals surface area (Å²) in [5, 5.41) is 9.34. The molecule has 1 aromatic heterocycles. The molecule has 0 amide bonds. The molecule has 1 aliphatic carbocycles. The first-order valence-corrected chi connectivity index (χ1v) is 9.62. The molecule has 6 heteroatoms. The Morgan fingerprint density at radius 3 is 2.56 bits per heavy atom. The van der Waals surface area contributed by atoms with E-state index in [0.29, 0.717) is 27.8 Å². The number of rotatable bonds is 3. The lowest BCUT2D eigenvalue weighted by atomic mass is 9.87. The van der Waals surface area contributed by atoms with Gasteiger partial charge in [0.25, 0.3) is 0 Å². The largest absolute Gasteiger partial charge is 0.338 e. The molecule has 2 aromatic carbocycles. The molecule has 138 valence electrons. The van der Waals surface area contributed by atoms with Crippen LogP contribution in [0.2, 0.25) is 10.0 Å². The third-order valence-corrected chi connectivity index (χ3v) is 5.50. The number of carbonyl (C=O) groups excluding carboxylic acids is 1. The average Bonchev–Trinajstić information content (AvgIpc) is 2.97. The Kier molecular flexibility index (Phi) is 4.70. The quantitative estimate of drug-likeness (QED) is 0.587. The van der Waals surface area contributed by atoms with Crippen LogP contribution in [-0.4, -0.2) is 15.6 Å². The van der Waals surface area contributed by atoms with Gasteiger partial charge in [-0.15, -0.1) is 5.10 Å². The number of fused-ring (bicyclic) bond motifs is 1. The summed E-state index contributed by atoms with van der Waals surface area (Å²) in [6.07, 6.45) is 1.33. The molecule has 0 fully saturated rings. The van der Waals surface area contributed by atoms with Gasteiger partial charge in [-0.3, -0.25) is 4.79 Å². The van der Waals surface area contributed by atoms with E-state index in [-0.39, 0.29) is 11.7 Å². The number of nitrogens with zero attached hydrogens (tertiary/aromatic N) is 2. The number of aromatic nitrogens is 2. The van der Waals surface area contributed by atoms with Crippen molar-refractivity contribution in [1.82, 2.24) is 9.78 Å². The molecule has 0 saturated carbocycles. The van der Waals surface area contributed by atoms with Gasteiger partial charge in [0.15, 0.2) is 11.6 Å². The average molecular weight is 400 g/mol. The Hall–Kier alpha value is -2.30. The van der Waals surface area contributed by atoms with E-state index in [1.165, 1.54) is 0 Å².